The molecule has 0 aliphatic rings. The number of carbonyl (C=O) groups excluding carboxylic acids is 1. The van der Waals surface area contributed by atoms with Crippen molar-refractivity contribution in [1.29, 1.82) is 0 Å². The Morgan fingerprint density at radius 1 is 1.25 bits per heavy atom. The number of hydrogen-bond acceptors (Lipinski definition) is 3. The first kappa shape index (κ1) is 20.3. The van der Waals surface area contributed by atoms with Crippen LogP contribution in [0.3, 0.4) is 0 Å². The minimum Gasteiger partial charge on any atom is -0.349 e. The van der Waals surface area contributed by atoms with Crippen LogP contribution in [0.5, 0.6) is 0 Å². The van der Waals surface area contributed by atoms with Gasteiger partial charge in [-0.25, -0.2) is 4.39 Å². The molecule has 28 heavy (non-hydrogen) atoms. The monoisotopic (exact) mass is 402 g/mol. The lowest BCUT2D eigenvalue weighted by molar-refractivity contribution is -0.122. The number of rotatable bonds is 8. The van der Waals surface area contributed by atoms with Crippen LogP contribution in [0.4, 0.5) is 4.39 Å². The van der Waals surface area contributed by atoms with Gasteiger partial charge in [-0.1, -0.05) is 23.7 Å². The van der Waals surface area contributed by atoms with E-state index in [9.17, 15) is 9.18 Å². The van der Waals surface area contributed by atoms with E-state index in [0.717, 1.165) is 29.4 Å². The molecular formula is C21H24ClFN4O. The highest BCUT2D eigenvalue weighted by atomic mass is 35.5. The summed E-state index contributed by atoms with van der Waals surface area (Å²) in [6, 6.07) is 11.7. The van der Waals surface area contributed by atoms with E-state index in [0.29, 0.717) is 18.0 Å². The molecule has 0 aliphatic heterocycles. The highest BCUT2D eigenvalue weighted by Gasteiger charge is 2.16. The van der Waals surface area contributed by atoms with E-state index in [4.69, 9.17) is 11.6 Å². The molecule has 0 bridgehead atoms. The van der Waals surface area contributed by atoms with Gasteiger partial charge in [0.15, 0.2) is 0 Å². The standard InChI is InChI=1S/C21H24ClFN4O/c1-26(2)11-9-19(15-4-7-18(23)8-5-15)25-21(28)10-12-27-20-13-17(22)6-3-16(20)14-24-27/h3-8,13-14,19H,9-12H2,1-2H3,(H,25,28). The summed E-state index contributed by atoms with van der Waals surface area (Å²) in [4.78, 5) is 14.6. The normalized spacial score (nSPS) is 12.5. The summed E-state index contributed by atoms with van der Waals surface area (Å²) in [5, 5.41) is 9.04. The molecule has 1 heterocycles. The number of fused-ring (bicyclic) bond motifs is 1. The van der Waals surface area contributed by atoms with Crippen molar-refractivity contribution in [3.05, 3.63) is 65.1 Å². The van der Waals surface area contributed by atoms with E-state index >= 15 is 0 Å². The maximum Gasteiger partial charge on any atom is 0.222 e. The number of hydrogen-bond donors (Lipinski definition) is 1. The van der Waals surface area contributed by atoms with Crippen molar-refractivity contribution < 1.29 is 9.18 Å². The molecular weight excluding hydrogens is 379 g/mol. The summed E-state index contributed by atoms with van der Waals surface area (Å²) in [5.74, 6) is -0.357. The second kappa shape index (κ2) is 9.17. The van der Waals surface area contributed by atoms with Crippen LogP contribution in [-0.2, 0) is 11.3 Å². The van der Waals surface area contributed by atoms with Crippen molar-refractivity contribution in [3.8, 4) is 0 Å². The number of nitrogens with zero attached hydrogens (tertiary/aromatic N) is 3. The van der Waals surface area contributed by atoms with Gasteiger partial charge >= 0.3 is 0 Å². The molecule has 2 aromatic carbocycles. The molecule has 3 aromatic rings. The molecule has 7 heteroatoms. The second-order valence-corrected chi connectivity index (χ2v) is 7.52. The van der Waals surface area contributed by atoms with Gasteiger partial charge in [0.25, 0.3) is 0 Å². The number of aryl methyl sites for hydroxylation is 1. The molecule has 1 N–H and O–H groups in total. The Balaban J connectivity index is 1.65. The van der Waals surface area contributed by atoms with E-state index in [1.807, 2.05) is 32.3 Å². The number of halogens is 2. The van der Waals surface area contributed by atoms with Crippen LogP contribution in [0.15, 0.2) is 48.7 Å². The van der Waals surface area contributed by atoms with Gasteiger partial charge in [-0.15, -0.1) is 0 Å². The van der Waals surface area contributed by atoms with Gasteiger partial charge in [0, 0.05) is 16.8 Å². The van der Waals surface area contributed by atoms with E-state index in [-0.39, 0.29) is 17.8 Å². The summed E-state index contributed by atoms with van der Waals surface area (Å²) in [7, 11) is 3.97. The van der Waals surface area contributed by atoms with Crippen LogP contribution in [0.1, 0.15) is 24.4 Å². The van der Waals surface area contributed by atoms with Crippen LogP contribution in [0.2, 0.25) is 5.02 Å². The van der Waals surface area contributed by atoms with Crippen LogP contribution in [0, 0.1) is 5.82 Å². The maximum atomic E-state index is 13.2. The second-order valence-electron chi connectivity index (χ2n) is 7.08. The summed E-state index contributed by atoms with van der Waals surface area (Å²) in [6.45, 7) is 1.27. The molecule has 5 nitrogen and oxygen atoms in total. The average Bonchev–Trinajstić information content (AvgIpc) is 3.06. The fourth-order valence-electron chi connectivity index (χ4n) is 3.10. The van der Waals surface area contributed by atoms with Gasteiger partial charge < -0.3 is 10.2 Å². The fraction of sp³-hybridized carbons (Fsp3) is 0.333. The Labute approximate surface area is 169 Å². The van der Waals surface area contributed by atoms with Crippen LogP contribution < -0.4 is 5.32 Å². The number of aromatic nitrogens is 2. The molecule has 1 unspecified atom stereocenters. The summed E-state index contributed by atoms with van der Waals surface area (Å²) in [5.41, 5.74) is 1.80. The molecule has 3 rings (SSSR count). The van der Waals surface area contributed by atoms with Gasteiger partial charge in [0.05, 0.1) is 24.3 Å². The maximum absolute atomic E-state index is 13.2. The number of amides is 1. The lowest BCUT2D eigenvalue weighted by atomic mass is 10.0. The Morgan fingerprint density at radius 3 is 2.71 bits per heavy atom. The van der Waals surface area contributed by atoms with Crippen molar-refractivity contribution in [1.82, 2.24) is 20.0 Å². The minimum absolute atomic E-state index is 0.0706. The van der Waals surface area contributed by atoms with Gasteiger partial charge in [0.1, 0.15) is 5.82 Å². The van der Waals surface area contributed by atoms with Crippen molar-refractivity contribution in [2.45, 2.75) is 25.4 Å². The first-order chi connectivity index (χ1) is 13.4. The molecule has 0 saturated carbocycles. The largest absolute Gasteiger partial charge is 0.349 e. The molecule has 0 spiro atoms. The first-order valence-electron chi connectivity index (χ1n) is 9.23. The number of carbonyl (C=O) groups is 1. The van der Waals surface area contributed by atoms with Gasteiger partial charge in [-0.3, -0.25) is 9.48 Å². The van der Waals surface area contributed by atoms with Crippen LogP contribution in [0.25, 0.3) is 10.9 Å². The highest BCUT2D eigenvalue weighted by Crippen LogP contribution is 2.20. The topological polar surface area (TPSA) is 50.2 Å². The average molecular weight is 403 g/mol. The third-order valence-corrected chi connectivity index (χ3v) is 4.87. The summed E-state index contributed by atoms with van der Waals surface area (Å²) >= 11 is 6.07. The molecule has 0 aliphatic carbocycles. The minimum atomic E-state index is -0.286. The van der Waals surface area contributed by atoms with Gasteiger partial charge in [-0.05, 0) is 63.0 Å². The third-order valence-electron chi connectivity index (χ3n) is 4.63. The SMILES string of the molecule is CN(C)CCC(NC(=O)CCn1ncc2ccc(Cl)cc21)c1ccc(F)cc1. The van der Waals surface area contributed by atoms with E-state index in [2.05, 4.69) is 15.3 Å². The number of nitrogens with one attached hydrogen (secondary N) is 1. The van der Waals surface area contributed by atoms with Crippen molar-refractivity contribution in [3.63, 3.8) is 0 Å². The Hall–Kier alpha value is -2.44. The van der Waals surface area contributed by atoms with Crippen molar-refractivity contribution in [2.75, 3.05) is 20.6 Å². The predicted molar refractivity (Wildman–Crippen MR) is 110 cm³/mol. The quantitative estimate of drug-likeness (QED) is 0.619. The lowest BCUT2D eigenvalue weighted by Crippen LogP contribution is -2.31. The van der Waals surface area contributed by atoms with Crippen molar-refractivity contribution >= 4 is 28.4 Å². The van der Waals surface area contributed by atoms with Gasteiger partial charge in [-0.2, -0.15) is 5.10 Å². The number of benzene rings is 2. The Kier molecular flexibility index (Phi) is 6.65. The molecule has 1 amide bonds. The Morgan fingerprint density at radius 2 is 2.00 bits per heavy atom. The third kappa shape index (κ3) is 5.30. The van der Waals surface area contributed by atoms with Gasteiger partial charge in [0.2, 0.25) is 5.91 Å². The first-order valence-corrected chi connectivity index (χ1v) is 9.61. The summed E-state index contributed by atoms with van der Waals surface area (Å²) in [6.07, 6.45) is 2.80. The molecule has 0 radical (unpaired) electrons. The fourth-order valence-corrected chi connectivity index (χ4v) is 3.27. The zero-order valence-electron chi connectivity index (χ0n) is 16.0. The lowest BCUT2D eigenvalue weighted by Gasteiger charge is -2.21. The molecule has 148 valence electrons. The summed E-state index contributed by atoms with van der Waals surface area (Å²) < 4.78 is 15.0. The van der Waals surface area contributed by atoms with E-state index in [1.165, 1.54) is 12.1 Å². The zero-order chi connectivity index (χ0) is 20.1. The smallest absolute Gasteiger partial charge is 0.222 e. The van der Waals surface area contributed by atoms with Crippen molar-refractivity contribution in [2.24, 2.45) is 0 Å². The molecule has 0 saturated heterocycles. The Bertz CT molecular complexity index is 939. The molecule has 0 fully saturated rings. The molecule has 1 aromatic heterocycles. The predicted octanol–water partition coefficient (Wildman–Crippen LogP) is 4.03. The van der Waals surface area contributed by atoms with Crippen LogP contribution >= 0.6 is 11.6 Å². The van der Waals surface area contributed by atoms with E-state index in [1.54, 1.807) is 23.0 Å². The van der Waals surface area contributed by atoms with E-state index < -0.39 is 0 Å². The van der Waals surface area contributed by atoms with Crippen LogP contribution in [-0.4, -0.2) is 41.2 Å². The zero-order valence-corrected chi connectivity index (χ0v) is 16.8. The highest BCUT2D eigenvalue weighted by molar-refractivity contribution is 6.31. The molecule has 1 atom stereocenters.